The summed E-state index contributed by atoms with van der Waals surface area (Å²) in [5.41, 5.74) is 1.46. The molecule has 2 aromatic heterocycles. The first-order chi connectivity index (χ1) is 23.7. The van der Waals surface area contributed by atoms with E-state index < -0.39 is 0 Å². The number of hydrogen-bond donors (Lipinski definition) is 2. The van der Waals surface area contributed by atoms with Crippen LogP contribution in [0.2, 0.25) is 5.02 Å². The van der Waals surface area contributed by atoms with E-state index in [1.54, 1.807) is 6.07 Å². The van der Waals surface area contributed by atoms with Crippen LogP contribution in [0.3, 0.4) is 0 Å². The van der Waals surface area contributed by atoms with Crippen LogP contribution in [0.25, 0.3) is 0 Å². The molecular weight excluding hydrogens is 666 g/mol. The van der Waals surface area contributed by atoms with Crippen molar-refractivity contribution in [2.75, 3.05) is 61.5 Å². The van der Waals surface area contributed by atoms with Crippen molar-refractivity contribution in [3.05, 3.63) is 51.7 Å². The molecule has 0 radical (unpaired) electrons. The van der Waals surface area contributed by atoms with Gasteiger partial charge in [-0.1, -0.05) is 74.1 Å². The Morgan fingerprint density at radius 2 is 1.63 bits per heavy atom. The Morgan fingerprint density at radius 3 is 2.37 bits per heavy atom. The minimum absolute atomic E-state index is 0.209. The number of aryl methyl sites for hydroxylation is 2. The molecule has 0 saturated carbocycles. The molecule has 0 bridgehead atoms. The molecule has 49 heavy (non-hydrogen) atoms. The molecule has 266 valence electrons. The van der Waals surface area contributed by atoms with Crippen LogP contribution in [0.4, 0.5) is 22.5 Å². The van der Waals surface area contributed by atoms with Crippen molar-refractivity contribution in [1.82, 2.24) is 19.9 Å². The number of ether oxygens (including phenoxy) is 2. The number of nitrogens with one attached hydrogen (secondary N) is 2. The fraction of sp³-hybridized carbons (Fsp3) is 0.543. The van der Waals surface area contributed by atoms with Gasteiger partial charge in [-0.05, 0) is 38.3 Å². The highest BCUT2D eigenvalue weighted by Crippen LogP contribution is 2.28. The quantitative estimate of drug-likeness (QED) is 0.0987. The summed E-state index contributed by atoms with van der Waals surface area (Å²) in [5, 5.41) is 7.10. The van der Waals surface area contributed by atoms with E-state index in [1.807, 2.05) is 32.0 Å². The van der Waals surface area contributed by atoms with Crippen LogP contribution in [0.1, 0.15) is 85.8 Å². The zero-order valence-electron chi connectivity index (χ0n) is 28.8. The Morgan fingerprint density at radius 1 is 0.918 bits per heavy atom. The average Bonchev–Trinajstić information content (AvgIpc) is 3.54. The van der Waals surface area contributed by atoms with Crippen molar-refractivity contribution >= 4 is 63.2 Å². The van der Waals surface area contributed by atoms with Crippen LogP contribution < -0.4 is 15.5 Å². The Kier molecular flexibility index (Phi) is 15.5. The number of rotatable bonds is 19. The summed E-state index contributed by atoms with van der Waals surface area (Å²) in [6.45, 7) is 10.4. The van der Waals surface area contributed by atoms with Gasteiger partial charge in [0.15, 0.2) is 5.13 Å². The summed E-state index contributed by atoms with van der Waals surface area (Å²) >= 11 is 7.49. The predicted molar refractivity (Wildman–Crippen MR) is 194 cm³/mol. The molecule has 3 aromatic rings. The lowest BCUT2D eigenvalue weighted by molar-refractivity contribution is -0.145. The third-order valence-corrected chi connectivity index (χ3v) is 9.37. The molecule has 4 rings (SSSR count). The van der Waals surface area contributed by atoms with Gasteiger partial charge >= 0.3 is 11.9 Å². The maximum atomic E-state index is 12.9. The lowest BCUT2D eigenvalue weighted by atomic mass is 10.1. The van der Waals surface area contributed by atoms with Crippen molar-refractivity contribution in [3.63, 3.8) is 0 Å². The van der Waals surface area contributed by atoms with Crippen molar-refractivity contribution in [1.29, 1.82) is 0 Å². The minimum Gasteiger partial charge on any atom is -0.466 e. The molecule has 1 aliphatic heterocycles. The summed E-state index contributed by atoms with van der Waals surface area (Å²) in [5.74, 6) is 1.18. The van der Waals surface area contributed by atoms with E-state index in [4.69, 9.17) is 21.1 Å². The number of unbranched alkanes of at least 4 members (excludes halogenated alkanes) is 5. The second-order valence-electron chi connectivity index (χ2n) is 12.1. The molecule has 0 aliphatic carbocycles. The fourth-order valence-corrected chi connectivity index (χ4v) is 6.36. The molecule has 0 atom stereocenters. The average molecular weight is 714 g/mol. The third kappa shape index (κ3) is 12.9. The summed E-state index contributed by atoms with van der Waals surface area (Å²) in [6, 6.07) is 7.34. The maximum absolute atomic E-state index is 12.9. The smallest absolute Gasteiger partial charge is 0.305 e. The topological polar surface area (TPSA) is 139 Å². The number of piperazine rings is 1. The molecule has 1 aliphatic rings. The van der Waals surface area contributed by atoms with Gasteiger partial charge in [0.1, 0.15) is 28.9 Å². The number of amides is 1. The van der Waals surface area contributed by atoms with E-state index in [-0.39, 0.29) is 30.7 Å². The molecular formula is C35H48ClN7O5S. The van der Waals surface area contributed by atoms with Crippen LogP contribution in [-0.4, -0.2) is 83.6 Å². The molecule has 0 spiro atoms. The number of esters is 2. The number of benzene rings is 1. The molecule has 2 N–H and O–H groups in total. The molecule has 1 saturated heterocycles. The number of para-hydroxylation sites is 1. The van der Waals surface area contributed by atoms with Gasteiger partial charge in [-0.2, -0.15) is 0 Å². The normalized spacial score (nSPS) is 13.3. The van der Waals surface area contributed by atoms with Crippen LogP contribution in [-0.2, 0) is 19.1 Å². The van der Waals surface area contributed by atoms with Crippen molar-refractivity contribution in [2.24, 2.45) is 0 Å². The van der Waals surface area contributed by atoms with Crippen LogP contribution in [0.15, 0.2) is 30.5 Å². The number of nitrogens with zero attached hydrogens (tertiary/aromatic N) is 5. The van der Waals surface area contributed by atoms with Gasteiger partial charge in [-0.15, -0.1) is 0 Å². The zero-order chi connectivity index (χ0) is 35.0. The number of carbonyl (C=O) groups is 3. The number of aromatic nitrogens is 3. The van der Waals surface area contributed by atoms with Gasteiger partial charge in [0.05, 0.1) is 23.5 Å². The number of hydrogen-bond acceptors (Lipinski definition) is 12. The van der Waals surface area contributed by atoms with Gasteiger partial charge in [0.2, 0.25) is 0 Å². The van der Waals surface area contributed by atoms with Crippen molar-refractivity contribution in [2.45, 2.75) is 78.6 Å². The van der Waals surface area contributed by atoms with E-state index in [2.05, 4.69) is 42.3 Å². The van der Waals surface area contributed by atoms with Crippen molar-refractivity contribution in [3.8, 4) is 0 Å². The van der Waals surface area contributed by atoms with Gasteiger partial charge < -0.3 is 25.0 Å². The molecule has 0 unspecified atom stereocenters. The van der Waals surface area contributed by atoms with Crippen LogP contribution >= 0.6 is 22.9 Å². The van der Waals surface area contributed by atoms with Crippen LogP contribution in [0, 0.1) is 13.8 Å². The standard InChI is InChI=1S/C35H48ClN7O5S/c1-4-5-6-7-8-9-21-47-31(44)14-11-15-32(45)48-22-20-42-16-18-43(19-17-42)30-23-29(38-26(3)39-30)40-35-37-24-28(49-35)34(46)41-33-25(2)12-10-13-27(33)36/h10,12-13,23-24H,4-9,11,14-22H2,1-3H3,(H,41,46)(H,37,38,39,40). The van der Waals surface area contributed by atoms with Gasteiger partial charge in [0, 0.05) is 51.6 Å². The van der Waals surface area contributed by atoms with Crippen molar-refractivity contribution < 1.29 is 23.9 Å². The Labute approximate surface area is 298 Å². The van der Waals surface area contributed by atoms with E-state index in [0.717, 1.165) is 50.4 Å². The van der Waals surface area contributed by atoms with Gasteiger partial charge in [-0.3, -0.25) is 19.3 Å². The molecule has 1 amide bonds. The molecule has 12 nitrogen and oxygen atoms in total. The third-order valence-electron chi connectivity index (χ3n) is 8.14. The second kappa shape index (κ2) is 20.0. The molecule has 3 heterocycles. The Balaban J connectivity index is 1.13. The highest BCUT2D eigenvalue weighted by atomic mass is 35.5. The monoisotopic (exact) mass is 713 g/mol. The Bertz CT molecular complexity index is 1510. The summed E-state index contributed by atoms with van der Waals surface area (Å²) in [4.78, 5) is 55.3. The van der Waals surface area contributed by atoms with Gasteiger partial charge in [0.25, 0.3) is 5.91 Å². The number of halogens is 1. The molecule has 1 fully saturated rings. The van der Waals surface area contributed by atoms with E-state index >= 15 is 0 Å². The van der Waals surface area contributed by atoms with Crippen LogP contribution in [0.5, 0.6) is 0 Å². The lowest BCUT2D eigenvalue weighted by Crippen LogP contribution is -2.47. The maximum Gasteiger partial charge on any atom is 0.305 e. The van der Waals surface area contributed by atoms with E-state index in [1.165, 1.54) is 43.2 Å². The first kappa shape index (κ1) is 38.0. The SMILES string of the molecule is CCCCCCCCOC(=O)CCCC(=O)OCCN1CCN(c2cc(Nc3ncc(C(=O)Nc4c(C)cccc4Cl)s3)nc(C)n2)CC1. The fourth-order valence-electron chi connectivity index (χ4n) is 5.37. The largest absolute Gasteiger partial charge is 0.466 e. The minimum atomic E-state index is -0.289. The predicted octanol–water partition coefficient (Wildman–Crippen LogP) is 6.94. The van der Waals surface area contributed by atoms with Gasteiger partial charge in [-0.25, -0.2) is 15.0 Å². The lowest BCUT2D eigenvalue weighted by Gasteiger charge is -2.35. The van der Waals surface area contributed by atoms with E-state index in [0.29, 0.717) is 58.5 Å². The summed E-state index contributed by atoms with van der Waals surface area (Å²) < 4.78 is 10.7. The Hall–Kier alpha value is -3.81. The zero-order valence-corrected chi connectivity index (χ0v) is 30.3. The first-order valence-corrected chi connectivity index (χ1v) is 18.3. The number of thiazole rings is 1. The number of carbonyl (C=O) groups excluding carboxylic acids is 3. The second-order valence-corrected chi connectivity index (χ2v) is 13.5. The van der Waals surface area contributed by atoms with E-state index in [9.17, 15) is 14.4 Å². The summed E-state index contributed by atoms with van der Waals surface area (Å²) in [6.07, 6.45) is 9.27. The summed E-state index contributed by atoms with van der Waals surface area (Å²) in [7, 11) is 0. The molecule has 14 heteroatoms. The highest BCUT2D eigenvalue weighted by molar-refractivity contribution is 7.17. The number of anilines is 4. The first-order valence-electron chi connectivity index (χ1n) is 17.2. The molecule has 1 aromatic carbocycles. The highest BCUT2D eigenvalue weighted by Gasteiger charge is 2.20.